The third kappa shape index (κ3) is 1.95. The van der Waals surface area contributed by atoms with Crippen LogP contribution in [0.15, 0.2) is 54.6 Å². The summed E-state index contributed by atoms with van der Waals surface area (Å²) in [6.07, 6.45) is 0. The van der Waals surface area contributed by atoms with Crippen LogP contribution in [0.25, 0.3) is 32.3 Å². The predicted octanol–water partition coefficient (Wildman–Crippen LogP) is 5.76. The van der Waals surface area contributed by atoms with Gasteiger partial charge in [0.2, 0.25) is 0 Å². The number of rotatable bonds is 0. The van der Waals surface area contributed by atoms with E-state index in [-0.39, 0.29) is 5.82 Å². The molecule has 4 rings (SSSR count). The van der Waals surface area contributed by atoms with Gasteiger partial charge in [-0.2, -0.15) is 5.26 Å². The molecule has 0 amide bonds. The molecule has 0 fully saturated rings. The Kier molecular flexibility index (Phi) is 3.02. The molecule has 4 aromatic carbocycles. The van der Waals surface area contributed by atoms with E-state index in [0.29, 0.717) is 19.9 Å². The largest absolute Gasteiger partial charge is 0.205 e. The van der Waals surface area contributed by atoms with E-state index < -0.39 is 0 Å². The molecule has 0 aromatic heterocycles. The summed E-state index contributed by atoms with van der Waals surface area (Å²) >= 11 is 1.93. The molecular weight excluding hydrogens is 388 g/mol. The van der Waals surface area contributed by atoms with Crippen molar-refractivity contribution in [2.24, 2.45) is 0 Å². The maximum absolute atomic E-state index is 14.4. The summed E-state index contributed by atoms with van der Waals surface area (Å²) in [6, 6.07) is 19.8. The number of benzene rings is 4. The second-order valence-electron chi connectivity index (χ2n) is 5.28. The first-order valence-electron chi connectivity index (χ1n) is 6.82. The van der Waals surface area contributed by atoms with Gasteiger partial charge in [-0.15, -0.1) is 0 Å². The third-order valence-electron chi connectivity index (χ3n) is 3.97. The molecule has 0 saturated heterocycles. The highest BCUT2D eigenvalue weighted by molar-refractivity contribution is 14.1. The van der Waals surface area contributed by atoms with Gasteiger partial charge in [0.25, 0.3) is 0 Å². The number of nitrogens with zero attached hydrogens (tertiary/aromatic N) is 1. The molecule has 0 unspecified atom stereocenters. The van der Waals surface area contributed by atoms with E-state index in [2.05, 4.69) is 24.3 Å². The molecule has 0 aliphatic carbocycles. The summed E-state index contributed by atoms with van der Waals surface area (Å²) in [4.78, 5) is 0. The minimum Gasteiger partial charge on any atom is -0.205 e. The lowest BCUT2D eigenvalue weighted by Crippen LogP contribution is -1.90. The SMILES string of the molecule is N#Cc1cc(I)c(F)c2cc3cc4ccccc4cc3cc12. The van der Waals surface area contributed by atoms with E-state index in [4.69, 9.17) is 0 Å². The van der Waals surface area contributed by atoms with Crippen molar-refractivity contribution in [3.05, 3.63) is 69.5 Å². The normalized spacial score (nSPS) is 11.1. The smallest absolute Gasteiger partial charge is 0.144 e. The Balaban J connectivity index is 2.21. The van der Waals surface area contributed by atoms with Gasteiger partial charge in [-0.05, 0) is 74.5 Å². The van der Waals surface area contributed by atoms with Crippen molar-refractivity contribution in [2.45, 2.75) is 0 Å². The van der Waals surface area contributed by atoms with E-state index in [1.807, 2.05) is 52.9 Å². The van der Waals surface area contributed by atoms with Gasteiger partial charge in [-0.3, -0.25) is 0 Å². The number of hydrogen-bond acceptors (Lipinski definition) is 1. The molecule has 3 heteroatoms. The van der Waals surface area contributed by atoms with Gasteiger partial charge in [-0.25, -0.2) is 4.39 Å². The average Bonchev–Trinajstić information content (AvgIpc) is 2.55. The van der Waals surface area contributed by atoms with E-state index in [9.17, 15) is 9.65 Å². The quantitative estimate of drug-likeness (QED) is 0.273. The van der Waals surface area contributed by atoms with Crippen LogP contribution in [0.1, 0.15) is 5.56 Å². The van der Waals surface area contributed by atoms with Crippen molar-refractivity contribution >= 4 is 54.9 Å². The van der Waals surface area contributed by atoms with Crippen molar-refractivity contribution in [1.82, 2.24) is 0 Å². The summed E-state index contributed by atoms with van der Waals surface area (Å²) in [5, 5.41) is 14.8. The minimum atomic E-state index is -0.260. The van der Waals surface area contributed by atoms with Crippen molar-refractivity contribution in [3.8, 4) is 6.07 Å². The molecule has 0 radical (unpaired) electrons. The van der Waals surface area contributed by atoms with Crippen LogP contribution in [-0.2, 0) is 0 Å². The second kappa shape index (κ2) is 4.92. The Morgan fingerprint density at radius 1 is 0.818 bits per heavy atom. The summed E-state index contributed by atoms with van der Waals surface area (Å²) < 4.78 is 14.9. The number of hydrogen-bond donors (Lipinski definition) is 0. The molecule has 0 atom stereocenters. The summed E-state index contributed by atoms with van der Waals surface area (Å²) in [5.74, 6) is -0.260. The fourth-order valence-corrected chi connectivity index (χ4v) is 3.49. The van der Waals surface area contributed by atoms with Gasteiger partial charge >= 0.3 is 0 Å². The zero-order chi connectivity index (χ0) is 15.3. The van der Waals surface area contributed by atoms with E-state index in [1.54, 1.807) is 6.07 Å². The highest BCUT2D eigenvalue weighted by atomic mass is 127. The molecule has 0 spiro atoms. The first-order chi connectivity index (χ1) is 10.7. The molecule has 0 heterocycles. The average molecular weight is 397 g/mol. The van der Waals surface area contributed by atoms with Gasteiger partial charge in [-0.1, -0.05) is 24.3 Å². The fourth-order valence-electron chi connectivity index (χ4n) is 2.89. The number of halogens is 2. The fraction of sp³-hybridized carbons (Fsp3) is 0. The highest BCUT2D eigenvalue weighted by Crippen LogP contribution is 2.32. The van der Waals surface area contributed by atoms with Crippen LogP contribution in [0.4, 0.5) is 4.39 Å². The van der Waals surface area contributed by atoms with Gasteiger partial charge in [0.15, 0.2) is 0 Å². The zero-order valence-corrected chi connectivity index (χ0v) is 13.6. The molecule has 0 aliphatic heterocycles. The molecular formula is C19H9FIN. The Morgan fingerprint density at radius 3 is 2.00 bits per heavy atom. The van der Waals surface area contributed by atoms with E-state index in [0.717, 1.165) is 21.5 Å². The highest BCUT2D eigenvalue weighted by Gasteiger charge is 2.12. The lowest BCUT2D eigenvalue weighted by Gasteiger charge is -2.08. The molecule has 0 N–H and O–H groups in total. The summed E-state index contributed by atoms with van der Waals surface area (Å²) in [6.45, 7) is 0. The third-order valence-corrected chi connectivity index (χ3v) is 4.75. The molecule has 1 nitrogen and oxygen atoms in total. The summed E-state index contributed by atoms with van der Waals surface area (Å²) in [5.41, 5.74) is 0.510. The lowest BCUT2D eigenvalue weighted by atomic mass is 9.97. The summed E-state index contributed by atoms with van der Waals surface area (Å²) in [7, 11) is 0. The molecule has 22 heavy (non-hydrogen) atoms. The Hall–Kier alpha value is -2.19. The monoisotopic (exact) mass is 397 g/mol. The van der Waals surface area contributed by atoms with Crippen LogP contribution in [0, 0.1) is 20.7 Å². The van der Waals surface area contributed by atoms with Crippen LogP contribution in [0.2, 0.25) is 0 Å². The van der Waals surface area contributed by atoms with Crippen LogP contribution in [0.5, 0.6) is 0 Å². The molecule has 0 aliphatic rings. The number of nitriles is 1. The maximum Gasteiger partial charge on any atom is 0.144 e. The number of fused-ring (bicyclic) bond motifs is 3. The van der Waals surface area contributed by atoms with Crippen LogP contribution in [-0.4, -0.2) is 0 Å². The van der Waals surface area contributed by atoms with Gasteiger partial charge in [0, 0.05) is 10.8 Å². The Morgan fingerprint density at radius 2 is 1.41 bits per heavy atom. The van der Waals surface area contributed by atoms with Crippen molar-refractivity contribution in [2.75, 3.05) is 0 Å². The zero-order valence-electron chi connectivity index (χ0n) is 11.4. The van der Waals surface area contributed by atoms with Crippen LogP contribution >= 0.6 is 22.6 Å². The van der Waals surface area contributed by atoms with Crippen molar-refractivity contribution < 1.29 is 4.39 Å². The van der Waals surface area contributed by atoms with Gasteiger partial charge in [0.1, 0.15) is 5.82 Å². The molecule has 4 aromatic rings. The maximum atomic E-state index is 14.4. The topological polar surface area (TPSA) is 23.8 Å². The molecule has 104 valence electrons. The second-order valence-corrected chi connectivity index (χ2v) is 6.44. The van der Waals surface area contributed by atoms with E-state index >= 15 is 0 Å². The minimum absolute atomic E-state index is 0.260. The molecule has 0 bridgehead atoms. The van der Waals surface area contributed by atoms with Crippen molar-refractivity contribution in [1.29, 1.82) is 5.26 Å². The Bertz CT molecular complexity index is 1110. The van der Waals surface area contributed by atoms with Gasteiger partial charge in [0.05, 0.1) is 15.2 Å². The lowest BCUT2D eigenvalue weighted by molar-refractivity contribution is 0.632. The first kappa shape index (κ1) is 13.5. The first-order valence-corrected chi connectivity index (χ1v) is 7.89. The predicted molar refractivity (Wildman–Crippen MR) is 96.4 cm³/mol. The van der Waals surface area contributed by atoms with Gasteiger partial charge < -0.3 is 0 Å². The Labute approximate surface area is 140 Å². The van der Waals surface area contributed by atoms with Crippen LogP contribution < -0.4 is 0 Å². The van der Waals surface area contributed by atoms with Crippen molar-refractivity contribution in [3.63, 3.8) is 0 Å². The standard InChI is InChI=1S/C19H9FIN/c20-19-17-8-14-6-12-4-2-1-3-11(12)5-13(14)7-16(17)15(10-22)9-18(19)21/h1-9H. The molecule has 0 saturated carbocycles. The van der Waals surface area contributed by atoms with E-state index in [1.165, 1.54) is 0 Å². The van der Waals surface area contributed by atoms with Crippen LogP contribution in [0.3, 0.4) is 0 Å².